The molecule has 1 fully saturated rings. The van der Waals surface area contributed by atoms with Gasteiger partial charge in [-0.1, -0.05) is 20.8 Å². The fourth-order valence-electron chi connectivity index (χ4n) is 2.55. The Morgan fingerprint density at radius 2 is 1.95 bits per heavy atom. The summed E-state index contributed by atoms with van der Waals surface area (Å²) in [5.41, 5.74) is -0.00439. The Bertz CT molecular complexity index is 349. The number of hydrogen-bond acceptors (Lipinski definition) is 4. The zero-order chi connectivity index (χ0) is 15.9. The summed E-state index contributed by atoms with van der Waals surface area (Å²) in [6.45, 7) is 8.20. The highest BCUT2D eigenvalue weighted by atomic mass is 32.2. The lowest BCUT2D eigenvalue weighted by atomic mass is 9.87. The third-order valence-electron chi connectivity index (χ3n) is 3.38. The van der Waals surface area contributed by atoms with Gasteiger partial charge >= 0.3 is 5.97 Å². The SMILES string of the molecule is CC(C)(C)CC(CC(=O)O)NC(=O)CSC1CCNCC1. The zero-order valence-corrected chi connectivity index (χ0v) is 14.1. The van der Waals surface area contributed by atoms with Crippen molar-refractivity contribution in [2.45, 2.75) is 57.7 Å². The van der Waals surface area contributed by atoms with Crippen molar-refractivity contribution >= 4 is 23.6 Å². The lowest BCUT2D eigenvalue weighted by molar-refractivity contribution is -0.137. The number of piperidine rings is 1. The summed E-state index contributed by atoms with van der Waals surface area (Å²) in [5.74, 6) is -0.491. The van der Waals surface area contributed by atoms with Crippen molar-refractivity contribution in [2.75, 3.05) is 18.8 Å². The van der Waals surface area contributed by atoms with Crippen LogP contribution in [0, 0.1) is 5.41 Å². The van der Waals surface area contributed by atoms with Crippen LogP contribution in [0.2, 0.25) is 0 Å². The summed E-state index contributed by atoms with van der Waals surface area (Å²) in [6, 6.07) is -0.288. The number of rotatable bonds is 7. The van der Waals surface area contributed by atoms with E-state index in [-0.39, 0.29) is 23.8 Å². The highest BCUT2D eigenvalue weighted by Gasteiger charge is 2.23. The Hall–Kier alpha value is -0.750. The van der Waals surface area contributed by atoms with Crippen molar-refractivity contribution in [3.05, 3.63) is 0 Å². The molecule has 0 aromatic carbocycles. The minimum absolute atomic E-state index is 0.00439. The minimum atomic E-state index is -0.865. The number of carbonyl (C=O) groups is 2. The monoisotopic (exact) mass is 316 g/mol. The summed E-state index contributed by atoms with van der Waals surface area (Å²) in [6.07, 6.45) is 2.85. The number of carboxylic acids is 1. The predicted molar refractivity (Wildman–Crippen MR) is 86.6 cm³/mol. The van der Waals surface area contributed by atoms with Crippen LogP contribution < -0.4 is 10.6 Å². The molecular formula is C15H28N2O3S. The van der Waals surface area contributed by atoms with E-state index in [2.05, 4.69) is 31.4 Å². The summed E-state index contributed by atoms with van der Waals surface area (Å²) >= 11 is 1.68. The average molecular weight is 316 g/mol. The van der Waals surface area contributed by atoms with Gasteiger partial charge in [-0.05, 0) is 37.8 Å². The largest absolute Gasteiger partial charge is 0.481 e. The fourth-order valence-corrected chi connectivity index (χ4v) is 3.59. The topological polar surface area (TPSA) is 78.4 Å². The normalized spacial score (nSPS) is 18.2. The Balaban J connectivity index is 2.37. The summed E-state index contributed by atoms with van der Waals surface area (Å²) in [4.78, 5) is 22.9. The first-order valence-corrected chi connectivity index (χ1v) is 8.64. The Morgan fingerprint density at radius 1 is 1.33 bits per heavy atom. The van der Waals surface area contributed by atoms with E-state index in [9.17, 15) is 9.59 Å². The molecule has 0 aliphatic carbocycles. The standard InChI is InChI=1S/C15H28N2O3S/c1-15(2,3)9-11(8-14(19)20)17-13(18)10-21-12-4-6-16-7-5-12/h11-12,16H,4-10H2,1-3H3,(H,17,18)(H,19,20). The van der Waals surface area contributed by atoms with Gasteiger partial charge < -0.3 is 15.7 Å². The molecule has 1 heterocycles. The van der Waals surface area contributed by atoms with Crippen molar-refractivity contribution < 1.29 is 14.7 Å². The predicted octanol–water partition coefficient (Wildman–Crippen LogP) is 1.87. The molecule has 1 aliphatic heterocycles. The Morgan fingerprint density at radius 3 is 2.48 bits per heavy atom. The third kappa shape index (κ3) is 8.98. The van der Waals surface area contributed by atoms with E-state index < -0.39 is 5.97 Å². The Kier molecular flexibility index (Phi) is 7.52. The second-order valence-corrected chi connectivity index (χ2v) is 8.18. The number of carbonyl (C=O) groups excluding carboxylic acids is 1. The van der Waals surface area contributed by atoms with Crippen LogP contribution in [0.1, 0.15) is 46.5 Å². The van der Waals surface area contributed by atoms with Gasteiger partial charge in [0.2, 0.25) is 5.91 Å². The van der Waals surface area contributed by atoms with Crippen molar-refractivity contribution in [1.29, 1.82) is 0 Å². The van der Waals surface area contributed by atoms with Crippen LogP contribution in [-0.2, 0) is 9.59 Å². The van der Waals surface area contributed by atoms with Crippen LogP contribution in [-0.4, -0.2) is 47.1 Å². The first-order chi connectivity index (χ1) is 9.76. The van der Waals surface area contributed by atoms with E-state index in [4.69, 9.17) is 5.11 Å². The highest BCUT2D eigenvalue weighted by Crippen LogP contribution is 2.23. The molecular weight excluding hydrogens is 288 g/mol. The maximum atomic E-state index is 12.0. The number of aliphatic carboxylic acids is 1. The molecule has 0 saturated carbocycles. The van der Waals surface area contributed by atoms with Crippen molar-refractivity contribution in [2.24, 2.45) is 5.41 Å². The average Bonchev–Trinajstić information content (AvgIpc) is 2.34. The molecule has 21 heavy (non-hydrogen) atoms. The number of amides is 1. The van der Waals surface area contributed by atoms with Crippen LogP contribution in [0.25, 0.3) is 0 Å². The molecule has 6 heteroatoms. The molecule has 0 aromatic rings. The van der Waals surface area contributed by atoms with E-state index >= 15 is 0 Å². The van der Waals surface area contributed by atoms with E-state index in [1.807, 2.05) is 0 Å². The van der Waals surface area contributed by atoms with Crippen LogP contribution in [0.15, 0.2) is 0 Å². The molecule has 1 saturated heterocycles. The van der Waals surface area contributed by atoms with Crippen molar-refractivity contribution in [3.8, 4) is 0 Å². The van der Waals surface area contributed by atoms with E-state index in [0.29, 0.717) is 17.4 Å². The van der Waals surface area contributed by atoms with Crippen LogP contribution in [0.5, 0.6) is 0 Å². The zero-order valence-electron chi connectivity index (χ0n) is 13.3. The molecule has 1 rings (SSSR count). The van der Waals surface area contributed by atoms with Gasteiger partial charge in [0.25, 0.3) is 0 Å². The maximum absolute atomic E-state index is 12.0. The van der Waals surface area contributed by atoms with E-state index in [0.717, 1.165) is 25.9 Å². The molecule has 0 aromatic heterocycles. The molecule has 1 amide bonds. The third-order valence-corrected chi connectivity index (χ3v) is 4.75. The molecule has 0 bridgehead atoms. The van der Waals surface area contributed by atoms with Gasteiger partial charge in [0.15, 0.2) is 0 Å². The summed E-state index contributed by atoms with van der Waals surface area (Å²) in [5, 5.41) is 15.7. The smallest absolute Gasteiger partial charge is 0.305 e. The van der Waals surface area contributed by atoms with Crippen molar-refractivity contribution in [1.82, 2.24) is 10.6 Å². The molecule has 3 N–H and O–H groups in total. The van der Waals surface area contributed by atoms with Gasteiger partial charge in [0.05, 0.1) is 12.2 Å². The molecule has 1 unspecified atom stereocenters. The number of carboxylic acid groups (broad SMARTS) is 1. The number of nitrogens with one attached hydrogen (secondary N) is 2. The molecule has 1 atom stereocenters. The quantitative estimate of drug-likeness (QED) is 0.668. The first kappa shape index (κ1) is 18.3. The first-order valence-electron chi connectivity index (χ1n) is 7.60. The molecule has 0 radical (unpaired) electrons. The van der Waals surface area contributed by atoms with E-state index in [1.54, 1.807) is 11.8 Å². The van der Waals surface area contributed by atoms with Gasteiger partial charge in [0, 0.05) is 11.3 Å². The lowest BCUT2D eigenvalue weighted by Gasteiger charge is -2.26. The summed E-state index contributed by atoms with van der Waals surface area (Å²) in [7, 11) is 0. The van der Waals surface area contributed by atoms with Gasteiger partial charge in [0.1, 0.15) is 0 Å². The minimum Gasteiger partial charge on any atom is -0.481 e. The highest BCUT2D eigenvalue weighted by molar-refractivity contribution is 8.00. The van der Waals surface area contributed by atoms with Gasteiger partial charge in [-0.15, -0.1) is 11.8 Å². The van der Waals surface area contributed by atoms with Gasteiger partial charge in [-0.3, -0.25) is 9.59 Å². The van der Waals surface area contributed by atoms with E-state index in [1.165, 1.54) is 0 Å². The number of hydrogen-bond donors (Lipinski definition) is 3. The lowest BCUT2D eigenvalue weighted by Crippen LogP contribution is -2.40. The maximum Gasteiger partial charge on any atom is 0.305 e. The van der Waals surface area contributed by atoms with Crippen LogP contribution in [0.4, 0.5) is 0 Å². The molecule has 5 nitrogen and oxygen atoms in total. The fraction of sp³-hybridized carbons (Fsp3) is 0.867. The molecule has 1 aliphatic rings. The number of thioether (sulfide) groups is 1. The molecule has 0 spiro atoms. The second kappa shape index (κ2) is 8.63. The van der Waals surface area contributed by atoms with Gasteiger partial charge in [-0.2, -0.15) is 0 Å². The van der Waals surface area contributed by atoms with Crippen LogP contribution in [0.3, 0.4) is 0 Å². The summed E-state index contributed by atoms with van der Waals surface area (Å²) < 4.78 is 0. The molecule has 122 valence electrons. The van der Waals surface area contributed by atoms with Crippen molar-refractivity contribution in [3.63, 3.8) is 0 Å². The van der Waals surface area contributed by atoms with Crippen LogP contribution >= 0.6 is 11.8 Å². The Labute approximate surface area is 131 Å². The second-order valence-electron chi connectivity index (χ2n) is 6.89. The van der Waals surface area contributed by atoms with Gasteiger partial charge in [-0.25, -0.2) is 0 Å².